The lowest BCUT2D eigenvalue weighted by atomic mass is 10.2. The summed E-state index contributed by atoms with van der Waals surface area (Å²) in [5, 5.41) is 0.0121. The van der Waals surface area contributed by atoms with E-state index in [9.17, 15) is 12.8 Å². The molecule has 2 aromatic carbocycles. The number of hydrogen-bond acceptors (Lipinski definition) is 3. The van der Waals surface area contributed by atoms with Crippen LogP contribution in [0.15, 0.2) is 41.3 Å². The first-order valence-corrected chi connectivity index (χ1v) is 8.58. The van der Waals surface area contributed by atoms with E-state index in [4.69, 9.17) is 27.0 Å². The summed E-state index contributed by atoms with van der Waals surface area (Å²) in [7, 11) is 1.46. The molecular formula is C14H11Cl2FO3S. The zero-order valence-electron chi connectivity index (χ0n) is 10.9. The van der Waals surface area contributed by atoms with Gasteiger partial charge < -0.3 is 4.74 Å². The van der Waals surface area contributed by atoms with Crippen molar-refractivity contribution in [1.29, 1.82) is 0 Å². The molecule has 0 aromatic heterocycles. The molecule has 0 saturated carbocycles. The normalized spacial score (nSPS) is 11.4. The highest BCUT2D eigenvalue weighted by Crippen LogP contribution is 2.29. The summed E-state index contributed by atoms with van der Waals surface area (Å²) in [6, 6.07) is 8.85. The van der Waals surface area contributed by atoms with Gasteiger partial charge in [-0.2, -0.15) is 0 Å². The van der Waals surface area contributed by atoms with Crippen molar-refractivity contribution < 1.29 is 17.5 Å². The summed E-state index contributed by atoms with van der Waals surface area (Å²) >= 11 is 5.59. The minimum atomic E-state index is -3.92. The fraction of sp³-hybridized carbons (Fsp3) is 0.143. The summed E-state index contributed by atoms with van der Waals surface area (Å²) in [6.45, 7) is 1.74. The van der Waals surface area contributed by atoms with Crippen molar-refractivity contribution >= 4 is 31.3 Å². The van der Waals surface area contributed by atoms with E-state index in [1.807, 2.05) is 0 Å². The average Bonchev–Trinajstić information content (AvgIpc) is 2.40. The fourth-order valence-electron chi connectivity index (χ4n) is 1.72. The number of halogens is 3. The molecule has 0 aliphatic rings. The van der Waals surface area contributed by atoms with Gasteiger partial charge in [0, 0.05) is 10.7 Å². The fourth-order valence-corrected chi connectivity index (χ4v) is 2.89. The van der Waals surface area contributed by atoms with E-state index >= 15 is 0 Å². The maximum atomic E-state index is 13.3. The van der Waals surface area contributed by atoms with Gasteiger partial charge in [0.25, 0.3) is 9.05 Å². The summed E-state index contributed by atoms with van der Waals surface area (Å²) in [4.78, 5) is -0.112. The van der Waals surface area contributed by atoms with Gasteiger partial charge >= 0.3 is 0 Å². The molecule has 0 spiro atoms. The number of aryl methyl sites for hydroxylation is 1. The summed E-state index contributed by atoms with van der Waals surface area (Å²) in [5.41, 5.74) is 1.26. The second-order valence-corrected chi connectivity index (χ2v) is 7.37. The maximum absolute atomic E-state index is 13.3. The lowest BCUT2D eigenvalue weighted by Crippen LogP contribution is -2.01. The zero-order chi connectivity index (χ0) is 15.6. The van der Waals surface area contributed by atoms with Crippen LogP contribution in [0.2, 0.25) is 5.02 Å². The molecule has 0 fully saturated rings. The highest BCUT2D eigenvalue weighted by Gasteiger charge is 2.17. The van der Waals surface area contributed by atoms with Gasteiger partial charge in [-0.3, -0.25) is 0 Å². The van der Waals surface area contributed by atoms with Crippen molar-refractivity contribution in [3.63, 3.8) is 0 Å². The van der Waals surface area contributed by atoms with Crippen LogP contribution in [0.4, 0.5) is 4.39 Å². The smallest absolute Gasteiger partial charge is 0.264 e. The molecule has 2 rings (SSSR count). The molecular weight excluding hydrogens is 338 g/mol. The van der Waals surface area contributed by atoms with Crippen LogP contribution < -0.4 is 4.74 Å². The molecule has 2 aromatic rings. The standard InChI is InChI=1S/C14H11Cl2FO3S/c1-9-2-5-13(14(6-9)21(16,18)19)20-8-10-3-4-11(15)12(17)7-10/h2-7H,8H2,1H3. The van der Waals surface area contributed by atoms with Gasteiger partial charge in [0.1, 0.15) is 23.1 Å². The van der Waals surface area contributed by atoms with Gasteiger partial charge in [0.2, 0.25) is 0 Å². The van der Waals surface area contributed by atoms with Crippen LogP contribution in [0.3, 0.4) is 0 Å². The zero-order valence-corrected chi connectivity index (χ0v) is 13.3. The van der Waals surface area contributed by atoms with E-state index in [-0.39, 0.29) is 22.3 Å². The van der Waals surface area contributed by atoms with E-state index in [2.05, 4.69) is 0 Å². The van der Waals surface area contributed by atoms with Crippen molar-refractivity contribution in [2.75, 3.05) is 0 Å². The van der Waals surface area contributed by atoms with Crippen LogP contribution in [0.5, 0.6) is 5.75 Å². The maximum Gasteiger partial charge on any atom is 0.264 e. The second-order valence-electron chi connectivity index (χ2n) is 4.43. The molecule has 0 amide bonds. The Bertz CT molecular complexity index is 776. The molecule has 0 saturated heterocycles. The average molecular weight is 349 g/mol. The van der Waals surface area contributed by atoms with E-state index in [1.165, 1.54) is 24.3 Å². The molecule has 21 heavy (non-hydrogen) atoms. The molecule has 0 aliphatic carbocycles. The van der Waals surface area contributed by atoms with Crippen LogP contribution in [-0.4, -0.2) is 8.42 Å². The van der Waals surface area contributed by atoms with E-state index < -0.39 is 14.9 Å². The van der Waals surface area contributed by atoms with Gasteiger partial charge in [-0.25, -0.2) is 12.8 Å². The van der Waals surface area contributed by atoms with Crippen molar-refractivity contribution in [3.05, 3.63) is 58.4 Å². The van der Waals surface area contributed by atoms with Crippen LogP contribution in [0.1, 0.15) is 11.1 Å². The lowest BCUT2D eigenvalue weighted by molar-refractivity contribution is 0.297. The van der Waals surface area contributed by atoms with Crippen LogP contribution in [-0.2, 0) is 15.7 Å². The molecule has 112 valence electrons. The third-order valence-electron chi connectivity index (χ3n) is 2.74. The molecule has 0 atom stereocenters. The Hall–Kier alpha value is -1.30. The summed E-state index contributed by atoms with van der Waals surface area (Å²) in [6.07, 6.45) is 0. The first kappa shape index (κ1) is 16.1. The van der Waals surface area contributed by atoms with Crippen LogP contribution in [0, 0.1) is 12.7 Å². The van der Waals surface area contributed by atoms with Crippen molar-refractivity contribution in [2.45, 2.75) is 18.4 Å². The number of rotatable bonds is 4. The first-order valence-electron chi connectivity index (χ1n) is 5.89. The van der Waals surface area contributed by atoms with Gasteiger partial charge in [0.05, 0.1) is 5.02 Å². The molecule has 0 bridgehead atoms. The second kappa shape index (κ2) is 6.22. The highest BCUT2D eigenvalue weighted by atomic mass is 35.7. The number of ether oxygens (including phenoxy) is 1. The SMILES string of the molecule is Cc1ccc(OCc2ccc(Cl)c(F)c2)c(S(=O)(=O)Cl)c1. The molecule has 7 heteroatoms. The van der Waals surface area contributed by atoms with E-state index in [1.54, 1.807) is 19.1 Å². The minimum absolute atomic E-state index is 0.00341. The molecule has 3 nitrogen and oxygen atoms in total. The topological polar surface area (TPSA) is 43.4 Å². The van der Waals surface area contributed by atoms with E-state index in [0.717, 1.165) is 5.56 Å². The monoisotopic (exact) mass is 348 g/mol. The van der Waals surface area contributed by atoms with Crippen molar-refractivity contribution in [1.82, 2.24) is 0 Å². The first-order chi connectivity index (χ1) is 9.77. The van der Waals surface area contributed by atoms with Gasteiger partial charge in [-0.15, -0.1) is 0 Å². The Morgan fingerprint density at radius 1 is 1.19 bits per heavy atom. The van der Waals surface area contributed by atoms with Crippen LogP contribution >= 0.6 is 22.3 Å². The summed E-state index contributed by atoms with van der Waals surface area (Å²) < 4.78 is 41.8. The Morgan fingerprint density at radius 2 is 1.90 bits per heavy atom. The number of benzene rings is 2. The molecule has 0 N–H and O–H groups in total. The quantitative estimate of drug-likeness (QED) is 0.774. The Labute approximate surface area is 131 Å². The number of hydrogen-bond donors (Lipinski definition) is 0. The Balaban J connectivity index is 2.26. The summed E-state index contributed by atoms with van der Waals surface area (Å²) in [5.74, 6) is -0.446. The third kappa shape index (κ3) is 4.09. The molecule has 0 radical (unpaired) electrons. The minimum Gasteiger partial charge on any atom is -0.487 e. The van der Waals surface area contributed by atoms with Crippen LogP contribution in [0.25, 0.3) is 0 Å². The van der Waals surface area contributed by atoms with Gasteiger partial charge in [-0.1, -0.05) is 23.7 Å². The van der Waals surface area contributed by atoms with Gasteiger partial charge in [0.15, 0.2) is 0 Å². The third-order valence-corrected chi connectivity index (χ3v) is 4.39. The Morgan fingerprint density at radius 3 is 2.52 bits per heavy atom. The van der Waals surface area contributed by atoms with E-state index in [0.29, 0.717) is 5.56 Å². The van der Waals surface area contributed by atoms with Crippen molar-refractivity contribution in [2.24, 2.45) is 0 Å². The van der Waals surface area contributed by atoms with Gasteiger partial charge in [-0.05, 0) is 42.3 Å². The molecule has 0 aliphatic heterocycles. The molecule has 0 heterocycles. The lowest BCUT2D eigenvalue weighted by Gasteiger charge is -2.10. The highest BCUT2D eigenvalue weighted by molar-refractivity contribution is 8.13. The largest absolute Gasteiger partial charge is 0.487 e. The predicted molar refractivity (Wildman–Crippen MR) is 80.0 cm³/mol. The predicted octanol–water partition coefficient (Wildman–Crippen LogP) is 4.29. The Kier molecular flexibility index (Phi) is 4.76. The van der Waals surface area contributed by atoms with Crippen molar-refractivity contribution in [3.8, 4) is 5.75 Å². The molecule has 0 unspecified atom stereocenters.